The predicted molar refractivity (Wildman–Crippen MR) is 69.7 cm³/mol. The summed E-state index contributed by atoms with van der Waals surface area (Å²) in [5, 5.41) is 0. The largest absolute Gasteiger partial charge is 0.437 e. The second-order valence-corrected chi connectivity index (χ2v) is 4.06. The fourth-order valence-corrected chi connectivity index (χ4v) is 1.74. The standard InChI is InChI=1S/C14H16N2O2/c1-3-16(10-12-6-8-15-9-7-12)14-5-4-13(18-14)11(2)17/h4-9H,3,10H2,1-2H3. The molecule has 2 rings (SSSR count). The molecule has 0 radical (unpaired) electrons. The zero-order chi connectivity index (χ0) is 13.0. The Bertz CT molecular complexity index is 520. The van der Waals surface area contributed by atoms with Crippen molar-refractivity contribution in [3.05, 3.63) is 48.0 Å². The SMILES string of the molecule is CCN(Cc1ccncc1)c1ccc(C(C)=O)o1. The molecule has 94 valence electrons. The number of hydrogen-bond acceptors (Lipinski definition) is 4. The number of aromatic nitrogens is 1. The number of pyridine rings is 1. The molecule has 4 heteroatoms. The van der Waals surface area contributed by atoms with E-state index in [1.807, 2.05) is 18.2 Å². The maximum absolute atomic E-state index is 11.2. The fraction of sp³-hybridized carbons (Fsp3) is 0.286. The lowest BCUT2D eigenvalue weighted by atomic mass is 10.2. The van der Waals surface area contributed by atoms with Gasteiger partial charge in [-0.15, -0.1) is 0 Å². The Morgan fingerprint density at radius 3 is 2.56 bits per heavy atom. The Balaban J connectivity index is 2.15. The third-order valence-corrected chi connectivity index (χ3v) is 2.75. The van der Waals surface area contributed by atoms with Gasteiger partial charge >= 0.3 is 0 Å². The third-order valence-electron chi connectivity index (χ3n) is 2.75. The van der Waals surface area contributed by atoms with Gasteiger partial charge in [-0.25, -0.2) is 0 Å². The first-order chi connectivity index (χ1) is 8.70. The van der Waals surface area contributed by atoms with Gasteiger partial charge in [-0.3, -0.25) is 9.78 Å². The van der Waals surface area contributed by atoms with E-state index in [1.165, 1.54) is 6.92 Å². The minimum atomic E-state index is -0.0544. The van der Waals surface area contributed by atoms with E-state index in [-0.39, 0.29) is 5.78 Å². The molecule has 0 N–H and O–H groups in total. The molecule has 0 unspecified atom stereocenters. The van der Waals surface area contributed by atoms with Crippen molar-refractivity contribution in [3.8, 4) is 0 Å². The summed E-state index contributed by atoms with van der Waals surface area (Å²) in [6, 6.07) is 7.49. The average molecular weight is 244 g/mol. The van der Waals surface area contributed by atoms with Gasteiger partial charge in [0.1, 0.15) is 0 Å². The van der Waals surface area contributed by atoms with E-state index in [9.17, 15) is 4.79 Å². The van der Waals surface area contributed by atoms with Gasteiger partial charge in [0, 0.05) is 38.5 Å². The van der Waals surface area contributed by atoms with Crippen LogP contribution in [0.1, 0.15) is 30.0 Å². The second kappa shape index (κ2) is 5.49. The van der Waals surface area contributed by atoms with E-state index in [2.05, 4.69) is 16.8 Å². The van der Waals surface area contributed by atoms with E-state index in [0.717, 1.165) is 24.5 Å². The predicted octanol–water partition coefficient (Wildman–Crippen LogP) is 2.90. The van der Waals surface area contributed by atoms with Crippen molar-refractivity contribution in [1.29, 1.82) is 0 Å². The smallest absolute Gasteiger partial charge is 0.196 e. The molecule has 0 atom stereocenters. The van der Waals surface area contributed by atoms with Crippen LogP contribution in [0, 0.1) is 0 Å². The Morgan fingerprint density at radius 2 is 2.00 bits per heavy atom. The highest BCUT2D eigenvalue weighted by atomic mass is 16.4. The van der Waals surface area contributed by atoms with E-state index in [1.54, 1.807) is 18.5 Å². The van der Waals surface area contributed by atoms with Crippen LogP contribution < -0.4 is 4.90 Å². The molecule has 0 saturated heterocycles. The number of furan rings is 1. The van der Waals surface area contributed by atoms with Crippen LogP contribution in [-0.2, 0) is 6.54 Å². The molecule has 2 aromatic rings. The van der Waals surface area contributed by atoms with E-state index in [4.69, 9.17) is 4.42 Å². The van der Waals surface area contributed by atoms with Crippen molar-refractivity contribution in [2.75, 3.05) is 11.4 Å². The van der Waals surface area contributed by atoms with Gasteiger partial charge < -0.3 is 9.32 Å². The summed E-state index contributed by atoms with van der Waals surface area (Å²) in [7, 11) is 0. The number of Topliss-reactive ketones (excluding diaryl/α,β-unsaturated/α-hetero) is 1. The molecule has 0 amide bonds. The van der Waals surface area contributed by atoms with Gasteiger partial charge in [0.25, 0.3) is 0 Å². The zero-order valence-corrected chi connectivity index (χ0v) is 10.6. The molecule has 0 bridgehead atoms. The van der Waals surface area contributed by atoms with Crippen molar-refractivity contribution in [1.82, 2.24) is 4.98 Å². The molecular weight excluding hydrogens is 228 g/mol. The monoisotopic (exact) mass is 244 g/mol. The van der Waals surface area contributed by atoms with Crippen molar-refractivity contribution < 1.29 is 9.21 Å². The minimum absolute atomic E-state index is 0.0544. The van der Waals surface area contributed by atoms with Crippen LogP contribution in [0.4, 0.5) is 5.88 Å². The van der Waals surface area contributed by atoms with Crippen LogP contribution in [0.2, 0.25) is 0 Å². The Hall–Kier alpha value is -2.10. The summed E-state index contributed by atoms with van der Waals surface area (Å²) >= 11 is 0. The number of hydrogen-bond donors (Lipinski definition) is 0. The Labute approximate surface area is 106 Å². The second-order valence-electron chi connectivity index (χ2n) is 4.06. The Morgan fingerprint density at radius 1 is 1.28 bits per heavy atom. The summed E-state index contributed by atoms with van der Waals surface area (Å²) in [5.74, 6) is 1.07. The number of nitrogens with zero attached hydrogens (tertiary/aromatic N) is 2. The molecule has 4 nitrogen and oxygen atoms in total. The van der Waals surface area contributed by atoms with Gasteiger partial charge in [0.2, 0.25) is 0 Å². The van der Waals surface area contributed by atoms with Crippen LogP contribution in [0.15, 0.2) is 41.1 Å². The summed E-state index contributed by atoms with van der Waals surface area (Å²) in [5.41, 5.74) is 1.16. The van der Waals surface area contributed by atoms with Crippen LogP contribution in [-0.4, -0.2) is 17.3 Å². The molecular formula is C14H16N2O2. The van der Waals surface area contributed by atoms with Gasteiger partial charge in [-0.1, -0.05) is 0 Å². The highest BCUT2D eigenvalue weighted by Crippen LogP contribution is 2.20. The fourth-order valence-electron chi connectivity index (χ4n) is 1.74. The van der Waals surface area contributed by atoms with Crippen LogP contribution in [0.3, 0.4) is 0 Å². The first-order valence-electron chi connectivity index (χ1n) is 5.95. The summed E-state index contributed by atoms with van der Waals surface area (Å²) in [6.07, 6.45) is 3.54. The zero-order valence-electron chi connectivity index (χ0n) is 10.6. The molecule has 18 heavy (non-hydrogen) atoms. The normalized spacial score (nSPS) is 10.3. The molecule has 0 fully saturated rings. The maximum Gasteiger partial charge on any atom is 0.196 e. The lowest BCUT2D eigenvalue weighted by molar-refractivity contribution is 0.0987. The number of ketones is 1. The van der Waals surface area contributed by atoms with Crippen LogP contribution in [0.5, 0.6) is 0 Å². The number of rotatable bonds is 5. The minimum Gasteiger partial charge on any atom is -0.437 e. The summed E-state index contributed by atoms with van der Waals surface area (Å²) in [6.45, 7) is 5.11. The number of carbonyl (C=O) groups is 1. The first kappa shape index (κ1) is 12.4. The van der Waals surface area contributed by atoms with Crippen molar-refractivity contribution in [3.63, 3.8) is 0 Å². The lowest BCUT2D eigenvalue weighted by Gasteiger charge is -2.19. The van der Waals surface area contributed by atoms with E-state index < -0.39 is 0 Å². The summed E-state index contributed by atoms with van der Waals surface area (Å²) < 4.78 is 5.53. The number of anilines is 1. The molecule has 0 spiro atoms. The molecule has 2 heterocycles. The topological polar surface area (TPSA) is 46.3 Å². The molecule has 0 aliphatic carbocycles. The number of carbonyl (C=O) groups excluding carboxylic acids is 1. The molecule has 0 aliphatic heterocycles. The third kappa shape index (κ3) is 2.77. The highest BCUT2D eigenvalue weighted by Gasteiger charge is 2.12. The van der Waals surface area contributed by atoms with Gasteiger partial charge in [-0.05, 0) is 30.7 Å². The molecule has 0 aliphatic rings. The average Bonchev–Trinajstić information content (AvgIpc) is 2.87. The quantitative estimate of drug-likeness (QED) is 0.759. The first-order valence-corrected chi connectivity index (χ1v) is 5.95. The van der Waals surface area contributed by atoms with Crippen molar-refractivity contribution >= 4 is 11.7 Å². The Kier molecular flexibility index (Phi) is 3.77. The molecule has 0 aromatic carbocycles. The highest BCUT2D eigenvalue weighted by molar-refractivity contribution is 5.91. The lowest BCUT2D eigenvalue weighted by Crippen LogP contribution is -2.21. The van der Waals surface area contributed by atoms with Crippen molar-refractivity contribution in [2.45, 2.75) is 20.4 Å². The van der Waals surface area contributed by atoms with E-state index in [0.29, 0.717) is 5.76 Å². The van der Waals surface area contributed by atoms with Crippen molar-refractivity contribution in [2.24, 2.45) is 0 Å². The molecule has 2 aromatic heterocycles. The maximum atomic E-state index is 11.2. The van der Waals surface area contributed by atoms with Gasteiger partial charge in [0.15, 0.2) is 17.4 Å². The van der Waals surface area contributed by atoms with Crippen LogP contribution >= 0.6 is 0 Å². The summed E-state index contributed by atoms with van der Waals surface area (Å²) in [4.78, 5) is 17.3. The van der Waals surface area contributed by atoms with Gasteiger partial charge in [-0.2, -0.15) is 0 Å². The van der Waals surface area contributed by atoms with Gasteiger partial charge in [0.05, 0.1) is 0 Å². The van der Waals surface area contributed by atoms with Crippen LogP contribution in [0.25, 0.3) is 0 Å². The molecule has 0 saturated carbocycles. The van der Waals surface area contributed by atoms with E-state index >= 15 is 0 Å².